The van der Waals surface area contributed by atoms with E-state index in [-0.39, 0.29) is 31.5 Å². The summed E-state index contributed by atoms with van der Waals surface area (Å²) in [7, 11) is 0. The van der Waals surface area contributed by atoms with Gasteiger partial charge >= 0.3 is 5.97 Å². The number of carbonyl (C=O) groups is 3. The largest absolute Gasteiger partial charge is 0.460 e. The van der Waals surface area contributed by atoms with Gasteiger partial charge in [0.1, 0.15) is 12.2 Å². The lowest BCUT2D eigenvalue weighted by Crippen LogP contribution is -2.41. The molecule has 1 heterocycles. The summed E-state index contributed by atoms with van der Waals surface area (Å²) in [5, 5.41) is 5.49. The molecule has 0 aliphatic rings. The summed E-state index contributed by atoms with van der Waals surface area (Å²) in [5.41, 5.74) is 1.57. The summed E-state index contributed by atoms with van der Waals surface area (Å²) >= 11 is 0. The monoisotopic (exact) mass is 404 g/mol. The van der Waals surface area contributed by atoms with E-state index in [1.807, 2.05) is 24.3 Å². The highest BCUT2D eigenvalue weighted by Crippen LogP contribution is 2.04. The number of nitrogens with one attached hydrogen (secondary N) is 2. The van der Waals surface area contributed by atoms with Crippen molar-refractivity contribution in [1.82, 2.24) is 5.32 Å². The van der Waals surface area contributed by atoms with Gasteiger partial charge in [0.25, 0.3) is 11.8 Å². The van der Waals surface area contributed by atoms with Crippen molar-refractivity contribution in [1.29, 1.82) is 0 Å². The molecule has 2 amide bonds. The van der Waals surface area contributed by atoms with Crippen LogP contribution in [0.4, 0.5) is 5.69 Å². The Balaban J connectivity index is 1.46. The van der Waals surface area contributed by atoms with Crippen molar-refractivity contribution in [3.63, 3.8) is 0 Å². The van der Waals surface area contributed by atoms with Gasteiger partial charge in [-0.25, -0.2) is 4.79 Å². The minimum Gasteiger partial charge on any atom is -0.460 e. The van der Waals surface area contributed by atoms with Crippen LogP contribution in [0.2, 0.25) is 0 Å². The predicted octanol–water partition coefficient (Wildman–Crippen LogP) is 2.20. The van der Waals surface area contributed by atoms with Gasteiger partial charge in [0.15, 0.2) is 12.4 Å². The molecule has 30 heavy (non-hydrogen) atoms. The molecule has 0 aliphatic carbocycles. The second kappa shape index (κ2) is 10.5. The minimum atomic E-state index is -0.438. The Hall–Kier alpha value is -4.00. The SMILES string of the molecule is O=C(C[n+]1cccc(C(=O)NCCOC(=O)c2ccccc2)c1)Nc1ccccc1. The first-order valence-electron chi connectivity index (χ1n) is 9.46. The summed E-state index contributed by atoms with van der Waals surface area (Å²) in [4.78, 5) is 36.4. The number of ether oxygens (including phenoxy) is 1. The van der Waals surface area contributed by atoms with Gasteiger partial charge < -0.3 is 15.4 Å². The van der Waals surface area contributed by atoms with E-state index >= 15 is 0 Å². The summed E-state index contributed by atoms with van der Waals surface area (Å²) in [6.07, 6.45) is 3.30. The Bertz CT molecular complexity index is 1010. The van der Waals surface area contributed by atoms with Gasteiger partial charge in [0, 0.05) is 11.8 Å². The Kier molecular flexibility index (Phi) is 7.27. The van der Waals surface area contributed by atoms with E-state index in [0.717, 1.165) is 0 Å². The second-order valence-corrected chi connectivity index (χ2v) is 6.44. The smallest absolute Gasteiger partial charge is 0.338 e. The quantitative estimate of drug-likeness (QED) is 0.342. The predicted molar refractivity (Wildman–Crippen MR) is 111 cm³/mol. The van der Waals surface area contributed by atoms with Crippen LogP contribution in [-0.2, 0) is 16.1 Å². The van der Waals surface area contributed by atoms with Crippen molar-refractivity contribution >= 4 is 23.5 Å². The molecule has 0 radical (unpaired) electrons. The van der Waals surface area contributed by atoms with Crippen LogP contribution >= 0.6 is 0 Å². The number of hydrogen-bond donors (Lipinski definition) is 2. The van der Waals surface area contributed by atoms with Crippen molar-refractivity contribution in [3.8, 4) is 0 Å². The second-order valence-electron chi connectivity index (χ2n) is 6.44. The van der Waals surface area contributed by atoms with E-state index < -0.39 is 5.97 Å². The molecule has 0 atom stereocenters. The summed E-state index contributed by atoms with van der Waals surface area (Å²) in [6.45, 7) is 0.317. The number of hydrogen-bond acceptors (Lipinski definition) is 4. The van der Waals surface area contributed by atoms with E-state index in [0.29, 0.717) is 16.8 Å². The van der Waals surface area contributed by atoms with Crippen molar-refractivity contribution in [2.45, 2.75) is 6.54 Å². The Labute approximate surface area is 174 Å². The average Bonchev–Trinajstić information content (AvgIpc) is 2.77. The summed E-state index contributed by atoms with van der Waals surface area (Å²) in [5.74, 6) is -0.952. The molecule has 0 bridgehead atoms. The fourth-order valence-electron chi connectivity index (χ4n) is 2.71. The first kappa shape index (κ1) is 20.7. The van der Waals surface area contributed by atoms with Gasteiger partial charge in [0.2, 0.25) is 6.54 Å². The molecule has 0 saturated carbocycles. The van der Waals surface area contributed by atoms with Crippen molar-refractivity contribution < 1.29 is 23.7 Å². The lowest BCUT2D eigenvalue weighted by atomic mass is 10.2. The molecule has 0 unspecified atom stereocenters. The topological polar surface area (TPSA) is 88.4 Å². The number of pyridine rings is 1. The highest BCUT2D eigenvalue weighted by Gasteiger charge is 2.14. The number of aromatic nitrogens is 1. The first-order valence-corrected chi connectivity index (χ1v) is 9.46. The Morgan fingerprint density at radius 2 is 1.50 bits per heavy atom. The molecular weight excluding hydrogens is 382 g/mol. The molecule has 0 fully saturated rings. The van der Waals surface area contributed by atoms with Gasteiger partial charge in [-0.15, -0.1) is 0 Å². The highest BCUT2D eigenvalue weighted by molar-refractivity contribution is 5.94. The lowest BCUT2D eigenvalue weighted by molar-refractivity contribution is -0.684. The fourth-order valence-corrected chi connectivity index (χ4v) is 2.71. The number of amides is 2. The van der Waals surface area contributed by atoms with Crippen LogP contribution in [0.25, 0.3) is 0 Å². The number of nitrogens with zero attached hydrogens (tertiary/aromatic N) is 1. The third-order valence-corrected chi connectivity index (χ3v) is 4.13. The maximum Gasteiger partial charge on any atom is 0.338 e. The van der Waals surface area contributed by atoms with Crippen molar-refractivity contribution in [3.05, 3.63) is 96.3 Å². The Morgan fingerprint density at radius 3 is 2.23 bits per heavy atom. The van der Waals surface area contributed by atoms with Gasteiger partial charge in [0.05, 0.1) is 12.1 Å². The maximum atomic E-state index is 12.3. The third kappa shape index (κ3) is 6.27. The average molecular weight is 404 g/mol. The van der Waals surface area contributed by atoms with E-state index in [9.17, 15) is 14.4 Å². The zero-order valence-electron chi connectivity index (χ0n) is 16.3. The van der Waals surface area contributed by atoms with E-state index in [1.165, 1.54) is 0 Å². The van der Waals surface area contributed by atoms with Gasteiger partial charge in [-0.05, 0) is 30.3 Å². The molecule has 2 N–H and O–H groups in total. The number of carbonyl (C=O) groups excluding carboxylic acids is 3. The molecule has 0 aliphatic heterocycles. The molecular formula is C23H22N3O4+. The maximum absolute atomic E-state index is 12.3. The molecule has 2 aromatic carbocycles. The van der Waals surface area contributed by atoms with Crippen LogP contribution in [0.3, 0.4) is 0 Å². The number of anilines is 1. The number of esters is 1. The number of para-hydroxylation sites is 1. The van der Waals surface area contributed by atoms with Crippen molar-refractivity contribution in [2.75, 3.05) is 18.5 Å². The molecule has 3 rings (SSSR count). The Morgan fingerprint density at radius 1 is 0.833 bits per heavy atom. The van der Waals surface area contributed by atoms with Gasteiger partial charge in [-0.1, -0.05) is 36.4 Å². The number of benzene rings is 2. The van der Waals surface area contributed by atoms with Crippen LogP contribution in [0.15, 0.2) is 85.2 Å². The molecule has 1 aromatic heterocycles. The van der Waals surface area contributed by atoms with Gasteiger partial charge in [-0.3, -0.25) is 9.59 Å². The van der Waals surface area contributed by atoms with E-state index in [2.05, 4.69) is 10.6 Å². The summed E-state index contributed by atoms with van der Waals surface area (Å²) in [6, 6.07) is 21.1. The molecule has 0 saturated heterocycles. The van der Waals surface area contributed by atoms with Crippen LogP contribution < -0.4 is 15.2 Å². The zero-order valence-corrected chi connectivity index (χ0v) is 16.3. The first-order chi connectivity index (χ1) is 14.6. The molecule has 7 nitrogen and oxygen atoms in total. The molecule has 152 valence electrons. The van der Waals surface area contributed by atoms with Crippen LogP contribution in [0.5, 0.6) is 0 Å². The lowest BCUT2D eigenvalue weighted by Gasteiger charge is -2.07. The number of rotatable bonds is 8. The molecule has 7 heteroatoms. The van der Waals surface area contributed by atoms with E-state index in [1.54, 1.807) is 65.5 Å². The zero-order chi connectivity index (χ0) is 21.2. The van der Waals surface area contributed by atoms with Crippen LogP contribution in [0, 0.1) is 0 Å². The molecule has 3 aromatic rings. The highest BCUT2D eigenvalue weighted by atomic mass is 16.5. The fraction of sp³-hybridized carbons (Fsp3) is 0.130. The summed E-state index contributed by atoms with van der Waals surface area (Å²) < 4.78 is 6.76. The third-order valence-electron chi connectivity index (χ3n) is 4.13. The minimum absolute atomic E-state index is 0.0613. The normalized spacial score (nSPS) is 10.1. The van der Waals surface area contributed by atoms with Crippen molar-refractivity contribution in [2.24, 2.45) is 0 Å². The van der Waals surface area contributed by atoms with Crippen LogP contribution in [-0.4, -0.2) is 30.9 Å². The van der Waals surface area contributed by atoms with Crippen LogP contribution in [0.1, 0.15) is 20.7 Å². The van der Waals surface area contributed by atoms with Gasteiger partial charge in [-0.2, -0.15) is 4.57 Å². The molecule has 0 spiro atoms. The van der Waals surface area contributed by atoms with E-state index in [4.69, 9.17) is 4.74 Å². The standard InChI is InChI=1S/C23H21N3O4/c27-21(25-20-11-5-2-6-12-20)17-26-14-7-10-19(16-26)22(28)24-13-15-30-23(29)18-8-3-1-4-9-18/h1-12,14,16H,13,15,17H2,(H-,24,25,27,28)/p+1.